The lowest BCUT2D eigenvalue weighted by Gasteiger charge is -2.04. The number of rotatable bonds is 2. The Labute approximate surface area is 91.2 Å². The van der Waals surface area contributed by atoms with Gasteiger partial charge in [-0.1, -0.05) is 6.07 Å². The largest absolute Gasteiger partial charge is 0.396 e. The number of anilines is 1. The molecule has 2 rings (SSSR count). The molecule has 3 N–H and O–H groups in total. The highest BCUT2D eigenvalue weighted by Gasteiger charge is 2.13. The van der Waals surface area contributed by atoms with Crippen LogP contribution < -0.4 is 5.73 Å². The maximum absolute atomic E-state index is 10.7. The van der Waals surface area contributed by atoms with Gasteiger partial charge in [-0.2, -0.15) is 5.10 Å². The van der Waals surface area contributed by atoms with E-state index in [1.807, 2.05) is 6.92 Å². The Morgan fingerprint density at radius 3 is 2.81 bits per heavy atom. The first-order valence-electron chi connectivity index (χ1n) is 4.64. The maximum Gasteiger partial charge on any atom is 0.270 e. The van der Waals surface area contributed by atoms with Crippen LogP contribution in [0, 0.1) is 17.0 Å². The standard InChI is InChI=1S/C10H10N4O2/c1-6-2-3-7(14(15)16)4-8(6)10-9(11)5-12-13-10/h2-5H,11H2,1H3,(H,12,13). The summed E-state index contributed by atoms with van der Waals surface area (Å²) in [5.74, 6) is 0. The Hall–Kier alpha value is -2.37. The molecule has 1 aromatic heterocycles. The highest BCUT2D eigenvalue weighted by molar-refractivity contribution is 5.75. The van der Waals surface area contributed by atoms with Crippen LogP contribution in [-0.4, -0.2) is 15.1 Å². The zero-order chi connectivity index (χ0) is 11.7. The van der Waals surface area contributed by atoms with E-state index in [1.54, 1.807) is 6.07 Å². The number of nitrogen functional groups attached to an aromatic ring is 1. The van der Waals surface area contributed by atoms with Crippen LogP contribution in [0.3, 0.4) is 0 Å². The minimum atomic E-state index is -0.435. The second kappa shape index (κ2) is 3.65. The van der Waals surface area contributed by atoms with Gasteiger partial charge in [0.05, 0.1) is 22.5 Å². The molecule has 1 aromatic carbocycles. The van der Waals surface area contributed by atoms with Crippen LogP contribution in [0.4, 0.5) is 11.4 Å². The van der Waals surface area contributed by atoms with Crippen molar-refractivity contribution in [2.45, 2.75) is 6.92 Å². The number of benzene rings is 1. The summed E-state index contributed by atoms with van der Waals surface area (Å²) in [4.78, 5) is 10.2. The molecule has 0 atom stereocenters. The first kappa shape index (κ1) is 10.2. The molecule has 1 heterocycles. The number of nitrogens with one attached hydrogen (secondary N) is 1. The Morgan fingerprint density at radius 1 is 1.50 bits per heavy atom. The Kier molecular flexibility index (Phi) is 2.32. The lowest BCUT2D eigenvalue weighted by Crippen LogP contribution is -1.93. The smallest absolute Gasteiger partial charge is 0.270 e. The second-order valence-electron chi connectivity index (χ2n) is 3.46. The first-order chi connectivity index (χ1) is 7.59. The molecule has 2 aromatic rings. The molecular formula is C10H10N4O2. The number of aryl methyl sites for hydroxylation is 1. The van der Waals surface area contributed by atoms with Gasteiger partial charge >= 0.3 is 0 Å². The summed E-state index contributed by atoms with van der Waals surface area (Å²) in [6, 6.07) is 4.64. The molecule has 82 valence electrons. The van der Waals surface area contributed by atoms with E-state index < -0.39 is 4.92 Å². The number of H-pyrrole nitrogens is 1. The molecule has 16 heavy (non-hydrogen) atoms. The summed E-state index contributed by atoms with van der Waals surface area (Å²) >= 11 is 0. The monoisotopic (exact) mass is 218 g/mol. The van der Waals surface area contributed by atoms with E-state index in [2.05, 4.69) is 10.2 Å². The first-order valence-corrected chi connectivity index (χ1v) is 4.64. The van der Waals surface area contributed by atoms with Crippen LogP contribution >= 0.6 is 0 Å². The fourth-order valence-corrected chi connectivity index (χ4v) is 1.50. The van der Waals surface area contributed by atoms with Crippen LogP contribution in [0.2, 0.25) is 0 Å². The summed E-state index contributed by atoms with van der Waals surface area (Å²) < 4.78 is 0. The number of nitrogens with two attached hydrogens (primary N) is 1. The highest BCUT2D eigenvalue weighted by atomic mass is 16.6. The van der Waals surface area contributed by atoms with Gasteiger partial charge in [0, 0.05) is 17.7 Å². The molecule has 0 aliphatic rings. The molecule has 6 nitrogen and oxygen atoms in total. The number of nitro groups is 1. The summed E-state index contributed by atoms with van der Waals surface area (Å²) in [6.07, 6.45) is 1.48. The molecular weight excluding hydrogens is 208 g/mol. The molecule has 0 radical (unpaired) electrons. The van der Waals surface area contributed by atoms with Gasteiger partial charge in [-0.05, 0) is 12.5 Å². The predicted octanol–water partition coefficient (Wildman–Crippen LogP) is 1.88. The van der Waals surface area contributed by atoms with Crippen molar-refractivity contribution < 1.29 is 4.92 Å². The van der Waals surface area contributed by atoms with Crippen molar-refractivity contribution in [2.75, 3.05) is 5.73 Å². The topological polar surface area (TPSA) is 97.8 Å². The van der Waals surface area contributed by atoms with E-state index in [0.29, 0.717) is 16.9 Å². The van der Waals surface area contributed by atoms with E-state index in [0.717, 1.165) is 5.56 Å². The number of hydrogen-bond donors (Lipinski definition) is 2. The van der Waals surface area contributed by atoms with E-state index in [4.69, 9.17) is 5.73 Å². The zero-order valence-electron chi connectivity index (χ0n) is 8.60. The Morgan fingerprint density at radius 2 is 2.25 bits per heavy atom. The summed E-state index contributed by atoms with van der Waals surface area (Å²) in [5, 5.41) is 17.2. The molecule has 0 saturated heterocycles. The van der Waals surface area contributed by atoms with Crippen LogP contribution in [-0.2, 0) is 0 Å². The lowest BCUT2D eigenvalue weighted by molar-refractivity contribution is -0.384. The van der Waals surface area contributed by atoms with Crippen LogP contribution in [0.15, 0.2) is 24.4 Å². The minimum absolute atomic E-state index is 0.0367. The van der Waals surface area contributed by atoms with E-state index in [9.17, 15) is 10.1 Å². The second-order valence-corrected chi connectivity index (χ2v) is 3.46. The van der Waals surface area contributed by atoms with Crippen molar-refractivity contribution in [1.29, 1.82) is 0 Å². The number of nitro benzene ring substituents is 1. The number of aromatic amines is 1. The van der Waals surface area contributed by atoms with Crippen molar-refractivity contribution in [3.63, 3.8) is 0 Å². The minimum Gasteiger partial charge on any atom is -0.396 e. The van der Waals surface area contributed by atoms with E-state index >= 15 is 0 Å². The van der Waals surface area contributed by atoms with Crippen molar-refractivity contribution in [3.8, 4) is 11.3 Å². The molecule has 0 amide bonds. The van der Waals surface area contributed by atoms with Gasteiger partial charge in [-0.15, -0.1) is 0 Å². The van der Waals surface area contributed by atoms with E-state index in [-0.39, 0.29) is 5.69 Å². The number of nitrogens with zero attached hydrogens (tertiary/aromatic N) is 2. The molecule has 0 spiro atoms. The van der Waals surface area contributed by atoms with Gasteiger partial charge in [-0.25, -0.2) is 0 Å². The SMILES string of the molecule is Cc1ccc([N+](=O)[O-])cc1-c1[nH]ncc1N. The lowest BCUT2D eigenvalue weighted by atomic mass is 10.0. The summed E-state index contributed by atoms with van der Waals surface area (Å²) in [7, 11) is 0. The van der Waals surface area contributed by atoms with Crippen molar-refractivity contribution >= 4 is 11.4 Å². The molecule has 0 aliphatic heterocycles. The number of aromatic nitrogens is 2. The van der Waals surface area contributed by atoms with Gasteiger partial charge in [0.1, 0.15) is 0 Å². The van der Waals surface area contributed by atoms with Crippen molar-refractivity contribution in [2.24, 2.45) is 0 Å². The van der Waals surface area contributed by atoms with E-state index in [1.165, 1.54) is 18.3 Å². The zero-order valence-corrected chi connectivity index (χ0v) is 8.60. The van der Waals surface area contributed by atoms with Gasteiger partial charge < -0.3 is 5.73 Å². The highest BCUT2D eigenvalue weighted by Crippen LogP contribution is 2.29. The fraction of sp³-hybridized carbons (Fsp3) is 0.100. The molecule has 0 saturated carbocycles. The fourth-order valence-electron chi connectivity index (χ4n) is 1.50. The van der Waals surface area contributed by atoms with Crippen molar-refractivity contribution in [3.05, 3.63) is 40.1 Å². The third-order valence-corrected chi connectivity index (χ3v) is 2.37. The van der Waals surface area contributed by atoms with Gasteiger partial charge in [0.15, 0.2) is 0 Å². The average Bonchev–Trinajstić information content (AvgIpc) is 2.65. The quantitative estimate of drug-likeness (QED) is 0.593. The molecule has 0 aliphatic carbocycles. The third-order valence-electron chi connectivity index (χ3n) is 2.37. The van der Waals surface area contributed by atoms with Gasteiger partial charge in [-0.3, -0.25) is 15.2 Å². The Bertz CT molecular complexity index is 548. The third kappa shape index (κ3) is 1.60. The predicted molar refractivity (Wildman–Crippen MR) is 59.8 cm³/mol. The molecule has 6 heteroatoms. The van der Waals surface area contributed by atoms with Gasteiger partial charge in [0.2, 0.25) is 0 Å². The van der Waals surface area contributed by atoms with Crippen LogP contribution in [0.25, 0.3) is 11.3 Å². The molecule has 0 bridgehead atoms. The number of non-ortho nitro benzene ring substituents is 1. The normalized spacial score (nSPS) is 10.3. The van der Waals surface area contributed by atoms with Gasteiger partial charge in [0.25, 0.3) is 5.69 Å². The van der Waals surface area contributed by atoms with Crippen molar-refractivity contribution in [1.82, 2.24) is 10.2 Å². The summed E-state index contributed by atoms with van der Waals surface area (Å²) in [6.45, 7) is 1.86. The Balaban J connectivity index is 2.60. The summed E-state index contributed by atoms with van der Waals surface area (Å²) in [5.41, 5.74) is 8.43. The maximum atomic E-state index is 10.7. The van der Waals surface area contributed by atoms with Crippen LogP contribution in [0.5, 0.6) is 0 Å². The molecule has 0 unspecified atom stereocenters. The molecule has 0 fully saturated rings. The van der Waals surface area contributed by atoms with Crippen LogP contribution in [0.1, 0.15) is 5.56 Å². The average molecular weight is 218 g/mol. The number of hydrogen-bond acceptors (Lipinski definition) is 4.